The summed E-state index contributed by atoms with van der Waals surface area (Å²) in [6, 6.07) is 7.95. The number of nitrogens with zero attached hydrogens (tertiary/aromatic N) is 2. The van der Waals surface area contributed by atoms with Gasteiger partial charge < -0.3 is 15.4 Å². The van der Waals surface area contributed by atoms with Gasteiger partial charge in [0.25, 0.3) is 0 Å². The van der Waals surface area contributed by atoms with Gasteiger partial charge in [-0.15, -0.1) is 22.6 Å². The van der Waals surface area contributed by atoms with Gasteiger partial charge >= 0.3 is 0 Å². The summed E-state index contributed by atoms with van der Waals surface area (Å²) in [5.41, 5.74) is 2.34. The smallest absolute Gasteiger partial charge is 0.230 e. The Morgan fingerprint density at radius 2 is 2.27 bits per heavy atom. The Morgan fingerprint density at radius 3 is 3.04 bits per heavy atom. The molecule has 0 saturated carbocycles. The summed E-state index contributed by atoms with van der Waals surface area (Å²) in [6.07, 6.45) is 4.09. The van der Waals surface area contributed by atoms with Crippen molar-refractivity contribution in [2.75, 3.05) is 25.0 Å². The highest BCUT2D eigenvalue weighted by Gasteiger charge is 2.12. The monoisotopic (exact) mass is 394 g/mol. The van der Waals surface area contributed by atoms with E-state index in [1.807, 2.05) is 31.2 Å². The second-order valence-electron chi connectivity index (χ2n) is 5.96. The van der Waals surface area contributed by atoms with Crippen molar-refractivity contribution < 1.29 is 9.53 Å². The Kier molecular flexibility index (Phi) is 8.03. The number of anilines is 1. The summed E-state index contributed by atoms with van der Waals surface area (Å²) in [4.78, 5) is 12.1. The van der Waals surface area contributed by atoms with Gasteiger partial charge in [-0.3, -0.25) is 4.79 Å². The van der Waals surface area contributed by atoms with Crippen LogP contribution in [-0.4, -0.2) is 35.8 Å². The third-order valence-electron chi connectivity index (χ3n) is 3.83. The number of ether oxygens (including phenoxy) is 1. The van der Waals surface area contributed by atoms with Gasteiger partial charge in [-0.1, -0.05) is 35.1 Å². The number of amides is 1. The zero-order chi connectivity index (χ0) is 17.5. The summed E-state index contributed by atoms with van der Waals surface area (Å²) in [7, 11) is 0. The predicted octanol–water partition coefficient (Wildman–Crippen LogP) is 3.14. The Balaban J connectivity index is 0.00000243. The Morgan fingerprint density at radius 1 is 1.38 bits per heavy atom. The molecule has 2 heterocycles. The fourth-order valence-electron chi connectivity index (χ4n) is 2.57. The maximum absolute atomic E-state index is 12.1. The van der Waals surface area contributed by atoms with Crippen LogP contribution < -0.4 is 15.4 Å². The largest absolute Gasteiger partial charge is 0.493 e. The summed E-state index contributed by atoms with van der Waals surface area (Å²) < 4.78 is 5.72. The van der Waals surface area contributed by atoms with Crippen LogP contribution in [-0.2, 0) is 11.2 Å². The third kappa shape index (κ3) is 6.40. The predicted molar refractivity (Wildman–Crippen MR) is 106 cm³/mol. The Bertz CT molecular complexity index is 763. The zero-order valence-corrected chi connectivity index (χ0v) is 16.3. The molecule has 1 aromatic heterocycles. The third-order valence-corrected chi connectivity index (χ3v) is 4.73. The van der Waals surface area contributed by atoms with Crippen molar-refractivity contribution >= 4 is 34.8 Å². The molecule has 1 aliphatic rings. The average molecular weight is 395 g/mol. The molecule has 2 N–H and O–H groups in total. The lowest BCUT2D eigenvalue weighted by Crippen LogP contribution is -2.22. The number of halogens is 1. The number of benzene rings is 1. The Hall–Kier alpha value is -1.96. The van der Waals surface area contributed by atoms with Crippen LogP contribution in [0.15, 0.2) is 35.9 Å². The van der Waals surface area contributed by atoms with E-state index < -0.39 is 0 Å². The van der Waals surface area contributed by atoms with E-state index in [1.54, 1.807) is 0 Å². The van der Waals surface area contributed by atoms with Crippen molar-refractivity contribution in [3.63, 3.8) is 0 Å². The molecular weight excluding hydrogens is 372 g/mol. The number of hydrogen-bond donors (Lipinski definition) is 2. The first-order chi connectivity index (χ1) is 12.2. The zero-order valence-electron chi connectivity index (χ0n) is 14.7. The molecule has 0 aliphatic carbocycles. The number of carbonyl (C=O) groups is 1. The van der Waals surface area contributed by atoms with Crippen LogP contribution in [0.2, 0.25) is 0 Å². The number of hydrogen-bond acceptors (Lipinski definition) is 6. The molecule has 0 fully saturated rings. The second-order valence-corrected chi connectivity index (χ2v) is 7.02. The van der Waals surface area contributed by atoms with E-state index in [0.717, 1.165) is 30.3 Å². The molecule has 0 bridgehead atoms. The van der Waals surface area contributed by atoms with Crippen molar-refractivity contribution in [2.45, 2.75) is 26.2 Å². The van der Waals surface area contributed by atoms with E-state index in [1.165, 1.54) is 22.5 Å². The van der Waals surface area contributed by atoms with Gasteiger partial charge in [-0.05, 0) is 37.6 Å². The molecule has 1 amide bonds. The highest BCUT2D eigenvalue weighted by atomic mass is 35.5. The molecule has 2 aromatic rings. The minimum absolute atomic E-state index is 0. The molecule has 0 unspecified atom stereocenters. The van der Waals surface area contributed by atoms with Gasteiger partial charge in [0, 0.05) is 19.4 Å². The maximum Gasteiger partial charge on any atom is 0.230 e. The van der Waals surface area contributed by atoms with Crippen molar-refractivity contribution in [1.29, 1.82) is 0 Å². The highest BCUT2D eigenvalue weighted by molar-refractivity contribution is 7.15. The summed E-state index contributed by atoms with van der Waals surface area (Å²) >= 11 is 1.40. The SMILES string of the molecule is Cc1cccc(OCCc2nnc(NC(=O)CC3=CCNCC3)s2)c1.Cl. The van der Waals surface area contributed by atoms with Crippen LogP contribution in [0.5, 0.6) is 5.75 Å². The first kappa shape index (κ1) is 20.4. The van der Waals surface area contributed by atoms with Gasteiger partial charge in [-0.2, -0.15) is 0 Å². The van der Waals surface area contributed by atoms with Crippen LogP contribution in [0.25, 0.3) is 0 Å². The van der Waals surface area contributed by atoms with Crippen molar-refractivity contribution in [3.8, 4) is 5.75 Å². The van der Waals surface area contributed by atoms with Gasteiger partial charge in [0.2, 0.25) is 11.0 Å². The van der Waals surface area contributed by atoms with Crippen LogP contribution in [0.4, 0.5) is 5.13 Å². The van der Waals surface area contributed by atoms with Crippen LogP contribution in [0.3, 0.4) is 0 Å². The van der Waals surface area contributed by atoms with Crippen LogP contribution in [0, 0.1) is 6.92 Å². The van der Waals surface area contributed by atoms with Gasteiger partial charge in [-0.25, -0.2) is 0 Å². The molecule has 140 valence electrons. The molecule has 0 spiro atoms. The summed E-state index contributed by atoms with van der Waals surface area (Å²) in [5.74, 6) is 0.820. The first-order valence-corrected chi connectivity index (χ1v) is 9.21. The number of carbonyl (C=O) groups excluding carboxylic acids is 1. The lowest BCUT2D eigenvalue weighted by atomic mass is 10.1. The average Bonchev–Trinajstić information content (AvgIpc) is 3.03. The molecule has 3 rings (SSSR count). The molecule has 0 atom stereocenters. The van der Waals surface area contributed by atoms with Gasteiger partial charge in [0.1, 0.15) is 10.8 Å². The van der Waals surface area contributed by atoms with Crippen molar-refractivity contribution in [2.24, 2.45) is 0 Å². The molecule has 6 nitrogen and oxygen atoms in total. The van der Waals surface area contributed by atoms with E-state index in [9.17, 15) is 4.79 Å². The standard InChI is InChI=1S/C18H22N4O2S.ClH/c1-13-3-2-4-15(11-13)24-10-7-17-21-22-18(25-17)20-16(23)12-14-5-8-19-9-6-14;/h2-5,11,19H,6-10,12H2,1H3,(H,20,22,23);1H. The number of nitrogens with one attached hydrogen (secondary N) is 2. The number of rotatable bonds is 7. The molecular formula is C18H23ClN4O2S. The van der Waals surface area contributed by atoms with E-state index >= 15 is 0 Å². The Labute approximate surface area is 163 Å². The molecule has 8 heteroatoms. The molecule has 26 heavy (non-hydrogen) atoms. The fraction of sp³-hybridized carbons (Fsp3) is 0.389. The van der Waals surface area contributed by atoms with Gasteiger partial charge in [0.05, 0.1) is 6.61 Å². The van der Waals surface area contributed by atoms with Crippen molar-refractivity contribution in [3.05, 3.63) is 46.5 Å². The fourth-order valence-corrected chi connectivity index (χ4v) is 3.30. The minimum Gasteiger partial charge on any atom is -0.493 e. The molecule has 0 saturated heterocycles. The highest BCUT2D eigenvalue weighted by Crippen LogP contribution is 2.18. The van der Waals surface area contributed by atoms with Crippen LogP contribution >= 0.6 is 23.7 Å². The number of aryl methyl sites for hydroxylation is 1. The summed E-state index contributed by atoms with van der Waals surface area (Å²) in [6.45, 7) is 4.34. The van der Waals surface area contributed by atoms with E-state index in [-0.39, 0.29) is 18.3 Å². The first-order valence-electron chi connectivity index (χ1n) is 8.39. The molecule has 0 radical (unpaired) electrons. The van der Waals surface area contributed by atoms with Gasteiger partial charge in [0.15, 0.2) is 0 Å². The lowest BCUT2D eigenvalue weighted by Gasteiger charge is -2.12. The maximum atomic E-state index is 12.1. The summed E-state index contributed by atoms with van der Waals surface area (Å²) in [5, 5.41) is 15.6. The number of aromatic nitrogens is 2. The molecule has 1 aliphatic heterocycles. The van der Waals surface area contributed by atoms with E-state index in [0.29, 0.717) is 24.6 Å². The minimum atomic E-state index is -0.0353. The second kappa shape index (κ2) is 10.3. The molecule has 1 aromatic carbocycles. The normalized spacial score (nSPS) is 13.5. The lowest BCUT2D eigenvalue weighted by molar-refractivity contribution is -0.115. The van der Waals surface area contributed by atoms with E-state index in [4.69, 9.17) is 4.74 Å². The van der Waals surface area contributed by atoms with Crippen molar-refractivity contribution in [1.82, 2.24) is 15.5 Å². The topological polar surface area (TPSA) is 76.1 Å². The van der Waals surface area contributed by atoms with E-state index in [2.05, 4.69) is 26.9 Å². The quantitative estimate of drug-likeness (QED) is 0.705. The van der Waals surface area contributed by atoms with Crippen LogP contribution in [0.1, 0.15) is 23.4 Å².